The van der Waals surface area contributed by atoms with Gasteiger partial charge in [-0.05, 0) is 25.0 Å². The van der Waals surface area contributed by atoms with Gasteiger partial charge >= 0.3 is 0 Å². The van der Waals surface area contributed by atoms with Gasteiger partial charge in [0.15, 0.2) is 0 Å². The Morgan fingerprint density at radius 2 is 2.12 bits per heavy atom. The molecule has 7 heteroatoms. The summed E-state index contributed by atoms with van der Waals surface area (Å²) in [6.07, 6.45) is 1.60. The molecule has 0 amide bonds. The maximum atomic E-state index is 13.2. The normalized spacial score (nSPS) is 15.3. The van der Waals surface area contributed by atoms with Crippen LogP contribution < -0.4 is 9.44 Å². The fraction of sp³-hybridized carbons (Fsp3) is 0.300. The van der Waals surface area contributed by atoms with Crippen molar-refractivity contribution in [3.05, 3.63) is 29.6 Å². The Morgan fingerprint density at radius 1 is 1.41 bits per heavy atom. The minimum Gasteiger partial charge on any atom is -0.270 e. The van der Waals surface area contributed by atoms with Crippen LogP contribution in [0.2, 0.25) is 0 Å². The van der Waals surface area contributed by atoms with Gasteiger partial charge in [0.2, 0.25) is 0 Å². The molecule has 0 aliphatic heterocycles. The molecular weight excluding hydrogens is 245 g/mol. The third-order valence-corrected chi connectivity index (χ3v) is 3.40. The average Bonchev–Trinajstić information content (AvgIpc) is 3.00. The van der Waals surface area contributed by atoms with E-state index in [-0.39, 0.29) is 17.3 Å². The topological polar surface area (TPSA) is 82.0 Å². The number of hydrogen-bond donors (Lipinski definition) is 2. The highest BCUT2D eigenvalue weighted by Gasteiger charge is 2.27. The second-order valence-corrected chi connectivity index (χ2v) is 5.22. The van der Waals surface area contributed by atoms with Gasteiger partial charge in [-0.2, -0.15) is 18.4 Å². The molecule has 0 bridgehead atoms. The van der Waals surface area contributed by atoms with Gasteiger partial charge in [0, 0.05) is 6.04 Å². The Morgan fingerprint density at radius 3 is 2.71 bits per heavy atom. The molecular formula is C10H10FN3O2S. The molecule has 0 radical (unpaired) electrons. The van der Waals surface area contributed by atoms with Gasteiger partial charge in [-0.3, -0.25) is 4.72 Å². The fourth-order valence-electron chi connectivity index (χ4n) is 1.32. The molecule has 0 spiro atoms. The Labute approximate surface area is 98.4 Å². The summed E-state index contributed by atoms with van der Waals surface area (Å²) in [6, 6.07) is 5.36. The second-order valence-electron chi connectivity index (χ2n) is 3.77. The quantitative estimate of drug-likeness (QED) is 0.845. The van der Waals surface area contributed by atoms with Crippen LogP contribution in [0.25, 0.3) is 0 Å². The summed E-state index contributed by atoms with van der Waals surface area (Å²) in [6.45, 7) is 0. The van der Waals surface area contributed by atoms with E-state index in [1.165, 1.54) is 12.1 Å². The number of benzene rings is 1. The van der Waals surface area contributed by atoms with Crippen LogP contribution in [0.4, 0.5) is 10.1 Å². The number of halogens is 1. The zero-order valence-electron chi connectivity index (χ0n) is 8.77. The summed E-state index contributed by atoms with van der Waals surface area (Å²) in [5.74, 6) is -0.751. The molecule has 0 unspecified atom stereocenters. The van der Waals surface area contributed by atoms with Gasteiger partial charge in [-0.1, -0.05) is 6.07 Å². The van der Waals surface area contributed by atoms with Gasteiger partial charge in [0.1, 0.15) is 17.4 Å². The van der Waals surface area contributed by atoms with Gasteiger partial charge in [-0.25, -0.2) is 4.39 Å². The van der Waals surface area contributed by atoms with Gasteiger partial charge < -0.3 is 0 Å². The van der Waals surface area contributed by atoms with E-state index < -0.39 is 16.0 Å². The van der Waals surface area contributed by atoms with Crippen LogP contribution in [0.3, 0.4) is 0 Å². The molecule has 1 aromatic rings. The highest BCUT2D eigenvalue weighted by Crippen LogP contribution is 2.22. The standard InChI is InChI=1S/C10H10FN3O2S/c11-9-2-1-3-10(8(9)6-12)14-17(15,16)13-7-4-5-7/h1-3,7,13-14H,4-5H2. The van der Waals surface area contributed by atoms with Crippen molar-refractivity contribution in [1.29, 1.82) is 5.26 Å². The minimum atomic E-state index is -3.74. The molecule has 90 valence electrons. The van der Waals surface area contributed by atoms with Crippen LogP contribution >= 0.6 is 0 Å². The summed E-state index contributed by atoms with van der Waals surface area (Å²) >= 11 is 0. The molecule has 17 heavy (non-hydrogen) atoms. The molecule has 1 aliphatic rings. The maximum absolute atomic E-state index is 13.2. The molecule has 1 saturated carbocycles. The Hall–Kier alpha value is -1.65. The first-order valence-corrected chi connectivity index (χ1v) is 6.49. The number of nitriles is 1. The number of nitrogens with zero attached hydrogens (tertiary/aromatic N) is 1. The average molecular weight is 255 g/mol. The van der Waals surface area contributed by atoms with Gasteiger partial charge in [-0.15, -0.1) is 0 Å². The van der Waals surface area contributed by atoms with Crippen LogP contribution in [0.15, 0.2) is 18.2 Å². The summed E-state index contributed by atoms with van der Waals surface area (Å²) in [4.78, 5) is 0. The summed E-state index contributed by atoms with van der Waals surface area (Å²) in [7, 11) is -3.74. The lowest BCUT2D eigenvalue weighted by Gasteiger charge is -2.09. The predicted molar refractivity (Wildman–Crippen MR) is 59.8 cm³/mol. The third kappa shape index (κ3) is 2.93. The molecule has 0 aromatic heterocycles. The summed E-state index contributed by atoms with van der Waals surface area (Å²) in [5, 5.41) is 8.75. The molecule has 1 aromatic carbocycles. The minimum absolute atomic E-state index is 0.0494. The van der Waals surface area contributed by atoms with E-state index in [0.717, 1.165) is 18.9 Å². The van der Waals surface area contributed by atoms with Crippen LogP contribution in [0.5, 0.6) is 0 Å². The molecule has 2 N–H and O–H groups in total. The van der Waals surface area contributed by atoms with Crippen molar-refractivity contribution < 1.29 is 12.8 Å². The van der Waals surface area contributed by atoms with Crippen LogP contribution in [0, 0.1) is 17.1 Å². The summed E-state index contributed by atoms with van der Waals surface area (Å²) < 4.78 is 40.9. The molecule has 0 saturated heterocycles. The van der Waals surface area contributed by atoms with E-state index in [4.69, 9.17) is 5.26 Å². The Bertz CT molecular complexity index is 576. The second kappa shape index (κ2) is 4.31. The molecule has 5 nitrogen and oxygen atoms in total. The van der Waals surface area contributed by atoms with E-state index in [1.807, 2.05) is 0 Å². The van der Waals surface area contributed by atoms with Gasteiger partial charge in [0.05, 0.1) is 5.69 Å². The Kier molecular flexibility index (Phi) is 3.00. The predicted octanol–water partition coefficient (Wildman–Crippen LogP) is 1.11. The van der Waals surface area contributed by atoms with Crippen LogP contribution in [-0.2, 0) is 10.2 Å². The van der Waals surface area contributed by atoms with Crippen LogP contribution in [-0.4, -0.2) is 14.5 Å². The number of hydrogen-bond acceptors (Lipinski definition) is 3. The van der Waals surface area contributed by atoms with Crippen molar-refractivity contribution in [1.82, 2.24) is 4.72 Å². The largest absolute Gasteiger partial charge is 0.299 e. The molecule has 1 fully saturated rings. The van der Waals surface area contributed by atoms with E-state index in [0.29, 0.717) is 0 Å². The first-order valence-electron chi connectivity index (χ1n) is 5.00. The van der Waals surface area contributed by atoms with E-state index in [9.17, 15) is 12.8 Å². The number of rotatable bonds is 4. The van der Waals surface area contributed by atoms with Crippen molar-refractivity contribution in [3.63, 3.8) is 0 Å². The molecule has 1 aliphatic carbocycles. The Balaban J connectivity index is 2.23. The summed E-state index contributed by atoms with van der Waals surface area (Å²) in [5.41, 5.74) is -0.366. The van der Waals surface area contributed by atoms with E-state index >= 15 is 0 Å². The number of nitrogens with one attached hydrogen (secondary N) is 2. The van der Waals surface area contributed by atoms with Crippen LogP contribution in [0.1, 0.15) is 18.4 Å². The fourth-order valence-corrected chi connectivity index (χ4v) is 2.51. The monoisotopic (exact) mass is 255 g/mol. The maximum Gasteiger partial charge on any atom is 0.299 e. The van der Waals surface area contributed by atoms with Crippen molar-refractivity contribution in [2.45, 2.75) is 18.9 Å². The van der Waals surface area contributed by atoms with Crippen molar-refractivity contribution in [3.8, 4) is 6.07 Å². The lowest BCUT2D eigenvalue weighted by Crippen LogP contribution is -2.32. The molecule has 0 heterocycles. The van der Waals surface area contributed by atoms with Crippen molar-refractivity contribution in [2.75, 3.05) is 4.72 Å². The smallest absolute Gasteiger partial charge is 0.270 e. The first kappa shape index (κ1) is 11.8. The lowest BCUT2D eigenvalue weighted by atomic mass is 10.2. The first-order chi connectivity index (χ1) is 8.02. The van der Waals surface area contributed by atoms with Crippen molar-refractivity contribution in [2.24, 2.45) is 0 Å². The van der Waals surface area contributed by atoms with E-state index in [1.54, 1.807) is 6.07 Å². The van der Waals surface area contributed by atoms with Crippen molar-refractivity contribution >= 4 is 15.9 Å². The highest BCUT2D eigenvalue weighted by molar-refractivity contribution is 7.90. The SMILES string of the molecule is N#Cc1c(F)cccc1NS(=O)(=O)NC1CC1. The zero-order valence-corrected chi connectivity index (χ0v) is 9.59. The number of anilines is 1. The van der Waals surface area contributed by atoms with E-state index in [2.05, 4.69) is 9.44 Å². The third-order valence-electron chi connectivity index (χ3n) is 2.27. The zero-order chi connectivity index (χ0) is 12.5. The van der Waals surface area contributed by atoms with Gasteiger partial charge in [0.25, 0.3) is 10.2 Å². The molecule has 2 rings (SSSR count). The molecule has 0 atom stereocenters. The highest BCUT2D eigenvalue weighted by atomic mass is 32.2. The lowest BCUT2D eigenvalue weighted by molar-refractivity contribution is 0.586.